The van der Waals surface area contributed by atoms with Gasteiger partial charge in [-0.25, -0.2) is 13.6 Å². The Morgan fingerprint density at radius 1 is 1.17 bits per heavy atom. The molecule has 1 unspecified atom stereocenters. The zero-order valence-corrected chi connectivity index (χ0v) is 15.7. The fraction of sp³-hybridized carbons (Fsp3) is 0.238. The first-order chi connectivity index (χ1) is 14.1. The molecule has 0 bridgehead atoms. The summed E-state index contributed by atoms with van der Waals surface area (Å²) in [7, 11) is 0. The van der Waals surface area contributed by atoms with E-state index in [0.29, 0.717) is 37.4 Å². The second-order valence-electron chi connectivity index (χ2n) is 7.04. The van der Waals surface area contributed by atoms with Gasteiger partial charge >= 0.3 is 6.03 Å². The molecule has 29 heavy (non-hydrogen) atoms. The predicted molar refractivity (Wildman–Crippen MR) is 107 cm³/mol. The number of nitrogens with one attached hydrogen (secondary N) is 2. The maximum Gasteiger partial charge on any atom is 0.319 e. The van der Waals surface area contributed by atoms with Crippen LogP contribution in [0.4, 0.5) is 25.0 Å². The lowest BCUT2D eigenvalue weighted by molar-refractivity contribution is 0.249. The van der Waals surface area contributed by atoms with Crippen molar-refractivity contribution in [2.45, 2.75) is 19.0 Å². The molecule has 2 heterocycles. The van der Waals surface area contributed by atoms with Crippen molar-refractivity contribution < 1.29 is 13.6 Å². The number of anilines is 2. The van der Waals surface area contributed by atoms with Gasteiger partial charge in [0.15, 0.2) is 0 Å². The summed E-state index contributed by atoms with van der Waals surface area (Å²) in [5, 5.41) is 9.92. The molecular formula is C21H21F2N5O. The molecule has 1 aliphatic heterocycles. The van der Waals surface area contributed by atoms with Crippen LogP contribution in [0.1, 0.15) is 12.0 Å². The van der Waals surface area contributed by atoms with E-state index in [0.717, 1.165) is 11.6 Å². The van der Waals surface area contributed by atoms with Gasteiger partial charge in [0.2, 0.25) is 0 Å². The summed E-state index contributed by atoms with van der Waals surface area (Å²) in [5.74, 6) is -1.20. The summed E-state index contributed by atoms with van der Waals surface area (Å²) in [6, 6.07) is 13.0. The largest absolute Gasteiger partial charge is 0.367 e. The molecule has 1 fully saturated rings. The van der Waals surface area contributed by atoms with Crippen molar-refractivity contribution >= 4 is 17.4 Å². The van der Waals surface area contributed by atoms with Gasteiger partial charge in [-0.05, 0) is 24.1 Å². The third kappa shape index (κ3) is 4.71. The highest BCUT2D eigenvalue weighted by Crippen LogP contribution is 2.24. The number of rotatable bonds is 5. The molecule has 1 aromatic heterocycles. The van der Waals surface area contributed by atoms with Crippen LogP contribution in [0.3, 0.4) is 0 Å². The molecule has 1 atom stereocenters. The van der Waals surface area contributed by atoms with Gasteiger partial charge in [-0.3, -0.25) is 4.68 Å². The van der Waals surface area contributed by atoms with Crippen molar-refractivity contribution in [1.82, 2.24) is 15.1 Å². The van der Waals surface area contributed by atoms with Crippen molar-refractivity contribution in [3.63, 3.8) is 0 Å². The summed E-state index contributed by atoms with van der Waals surface area (Å²) in [4.78, 5) is 14.1. The number of aromatic nitrogens is 2. The molecule has 2 N–H and O–H groups in total. The van der Waals surface area contributed by atoms with E-state index in [4.69, 9.17) is 0 Å². The van der Waals surface area contributed by atoms with Gasteiger partial charge in [0, 0.05) is 31.4 Å². The highest BCUT2D eigenvalue weighted by molar-refractivity contribution is 5.89. The molecule has 150 valence electrons. The minimum atomic E-state index is -0.604. The summed E-state index contributed by atoms with van der Waals surface area (Å²) in [5.41, 5.74) is 2.06. The van der Waals surface area contributed by atoms with Crippen LogP contribution in [-0.2, 0) is 6.54 Å². The number of carbonyl (C=O) groups excluding carboxylic acids is 1. The topological polar surface area (TPSA) is 62.2 Å². The maximum absolute atomic E-state index is 13.9. The number of urea groups is 1. The molecular weight excluding hydrogens is 376 g/mol. The molecule has 0 radical (unpaired) electrons. The first-order valence-corrected chi connectivity index (χ1v) is 9.41. The SMILES string of the molecule is O=C(Nc1cnn(Cc2ccccc2)c1)NC1CCN(c2ccc(F)cc2F)C1. The summed E-state index contributed by atoms with van der Waals surface area (Å²) in [6.07, 6.45) is 4.04. The second-order valence-corrected chi connectivity index (χ2v) is 7.04. The van der Waals surface area contributed by atoms with Gasteiger partial charge < -0.3 is 15.5 Å². The van der Waals surface area contributed by atoms with Gasteiger partial charge in [-0.2, -0.15) is 5.10 Å². The van der Waals surface area contributed by atoms with Crippen molar-refractivity contribution in [2.24, 2.45) is 0 Å². The van der Waals surface area contributed by atoms with E-state index in [9.17, 15) is 13.6 Å². The standard InChI is InChI=1S/C21H21F2N5O/c22-16-6-7-20(19(23)10-16)27-9-8-17(13-27)25-21(29)26-18-11-24-28(14-18)12-15-4-2-1-3-5-15/h1-7,10-11,14,17H,8-9,12-13H2,(H2,25,26,29). The average molecular weight is 397 g/mol. The van der Waals surface area contributed by atoms with Crippen LogP contribution in [-0.4, -0.2) is 34.9 Å². The highest BCUT2D eigenvalue weighted by atomic mass is 19.1. The van der Waals surface area contributed by atoms with Gasteiger partial charge in [0.05, 0.1) is 24.1 Å². The molecule has 3 aromatic rings. The molecule has 8 heteroatoms. The lowest BCUT2D eigenvalue weighted by Crippen LogP contribution is -2.39. The van der Waals surface area contributed by atoms with Crippen LogP contribution in [0.25, 0.3) is 0 Å². The van der Waals surface area contributed by atoms with Crippen molar-refractivity contribution in [2.75, 3.05) is 23.3 Å². The fourth-order valence-corrected chi connectivity index (χ4v) is 3.47. The zero-order chi connectivity index (χ0) is 20.2. The molecule has 0 saturated carbocycles. The normalized spacial score (nSPS) is 16.1. The number of halogens is 2. The Kier molecular flexibility index (Phi) is 5.41. The van der Waals surface area contributed by atoms with Gasteiger partial charge in [-0.1, -0.05) is 30.3 Å². The van der Waals surface area contributed by atoms with E-state index in [1.54, 1.807) is 22.0 Å². The van der Waals surface area contributed by atoms with Crippen molar-refractivity contribution in [3.8, 4) is 0 Å². The van der Waals surface area contributed by atoms with E-state index >= 15 is 0 Å². The average Bonchev–Trinajstić information content (AvgIpc) is 3.32. The van der Waals surface area contributed by atoms with E-state index in [2.05, 4.69) is 15.7 Å². The Bertz CT molecular complexity index is 992. The van der Waals surface area contributed by atoms with Crippen LogP contribution in [0.2, 0.25) is 0 Å². The maximum atomic E-state index is 13.9. The minimum Gasteiger partial charge on any atom is -0.367 e. The monoisotopic (exact) mass is 397 g/mol. The van der Waals surface area contributed by atoms with Crippen LogP contribution >= 0.6 is 0 Å². The first-order valence-electron chi connectivity index (χ1n) is 9.41. The minimum absolute atomic E-state index is 0.126. The lowest BCUT2D eigenvalue weighted by atomic mass is 10.2. The molecule has 4 rings (SSSR count). The van der Waals surface area contributed by atoms with Crippen LogP contribution in [0.5, 0.6) is 0 Å². The smallest absolute Gasteiger partial charge is 0.319 e. The van der Waals surface area contributed by atoms with Crippen LogP contribution < -0.4 is 15.5 Å². The molecule has 0 aliphatic carbocycles. The van der Waals surface area contributed by atoms with Gasteiger partial charge in [0.1, 0.15) is 11.6 Å². The fourth-order valence-electron chi connectivity index (χ4n) is 3.47. The van der Waals surface area contributed by atoms with E-state index in [1.165, 1.54) is 12.1 Å². The quantitative estimate of drug-likeness (QED) is 0.691. The molecule has 1 aliphatic rings. The molecule has 2 amide bonds. The number of amides is 2. The zero-order valence-electron chi connectivity index (χ0n) is 15.7. The molecule has 0 spiro atoms. The summed E-state index contributed by atoms with van der Waals surface area (Å²) in [6.45, 7) is 1.66. The summed E-state index contributed by atoms with van der Waals surface area (Å²) < 4.78 is 28.8. The highest BCUT2D eigenvalue weighted by Gasteiger charge is 2.26. The number of nitrogens with zero attached hydrogens (tertiary/aromatic N) is 3. The Morgan fingerprint density at radius 3 is 2.79 bits per heavy atom. The lowest BCUT2D eigenvalue weighted by Gasteiger charge is -2.19. The molecule has 1 saturated heterocycles. The predicted octanol–water partition coefficient (Wildman–Crippen LogP) is 3.61. The summed E-state index contributed by atoms with van der Waals surface area (Å²) >= 11 is 0. The number of carbonyl (C=O) groups is 1. The van der Waals surface area contributed by atoms with Crippen molar-refractivity contribution in [1.29, 1.82) is 0 Å². The molecule has 6 nitrogen and oxygen atoms in total. The molecule has 2 aromatic carbocycles. The van der Waals surface area contributed by atoms with E-state index < -0.39 is 11.6 Å². The van der Waals surface area contributed by atoms with Gasteiger partial charge in [0.25, 0.3) is 0 Å². The third-order valence-electron chi connectivity index (χ3n) is 4.85. The Morgan fingerprint density at radius 2 is 2.00 bits per heavy atom. The second kappa shape index (κ2) is 8.30. The number of hydrogen-bond acceptors (Lipinski definition) is 3. The number of hydrogen-bond donors (Lipinski definition) is 2. The Hall–Kier alpha value is -3.42. The Balaban J connectivity index is 1.29. The first kappa shape index (κ1) is 18.9. The van der Waals surface area contributed by atoms with Crippen molar-refractivity contribution in [3.05, 3.63) is 78.1 Å². The number of benzene rings is 2. The van der Waals surface area contributed by atoms with Crippen LogP contribution in [0, 0.1) is 11.6 Å². The van der Waals surface area contributed by atoms with Gasteiger partial charge in [-0.15, -0.1) is 0 Å². The van der Waals surface area contributed by atoms with E-state index in [1.807, 2.05) is 30.3 Å². The Labute approximate surface area is 167 Å². The van der Waals surface area contributed by atoms with E-state index in [-0.39, 0.29) is 12.1 Å². The van der Waals surface area contributed by atoms with Crippen LogP contribution in [0.15, 0.2) is 60.9 Å². The third-order valence-corrected chi connectivity index (χ3v) is 4.85.